The number of benzene rings is 1. The molecule has 4 heteroatoms. The summed E-state index contributed by atoms with van der Waals surface area (Å²) in [5, 5.41) is 11.3. The van der Waals surface area contributed by atoms with Gasteiger partial charge >= 0.3 is 0 Å². The summed E-state index contributed by atoms with van der Waals surface area (Å²) in [6.45, 7) is 6.13. The van der Waals surface area contributed by atoms with Gasteiger partial charge in [0.25, 0.3) is 0 Å². The summed E-state index contributed by atoms with van der Waals surface area (Å²) in [5.74, 6) is 0.636. The van der Waals surface area contributed by atoms with Crippen LogP contribution >= 0.6 is 11.6 Å². The first kappa shape index (κ1) is 13.2. The van der Waals surface area contributed by atoms with Crippen LogP contribution in [-0.4, -0.2) is 34.7 Å². The number of para-hydroxylation sites is 1. The van der Waals surface area contributed by atoms with E-state index in [0.29, 0.717) is 10.8 Å². The van der Waals surface area contributed by atoms with Crippen LogP contribution in [0, 0.1) is 0 Å². The van der Waals surface area contributed by atoms with Gasteiger partial charge in [-0.15, -0.1) is 0 Å². The van der Waals surface area contributed by atoms with Crippen molar-refractivity contribution in [2.24, 2.45) is 0 Å². The number of aliphatic hydroxyl groups excluding tert-OH is 1. The Labute approximate surface area is 119 Å². The van der Waals surface area contributed by atoms with E-state index >= 15 is 0 Å². The summed E-state index contributed by atoms with van der Waals surface area (Å²) in [6, 6.07) is 5.57. The molecular weight excluding hydrogens is 262 g/mol. The van der Waals surface area contributed by atoms with Gasteiger partial charge in [0.1, 0.15) is 17.5 Å². The molecule has 1 saturated heterocycles. The number of hydrogen-bond acceptors (Lipinski definition) is 3. The van der Waals surface area contributed by atoms with Crippen LogP contribution in [0.25, 0.3) is 0 Å². The van der Waals surface area contributed by atoms with E-state index in [1.807, 2.05) is 26.0 Å². The van der Waals surface area contributed by atoms with Crippen LogP contribution in [0.15, 0.2) is 18.2 Å². The number of likely N-dealkylation sites (tertiary alicyclic amines) is 1. The van der Waals surface area contributed by atoms with Crippen LogP contribution in [0.4, 0.5) is 0 Å². The van der Waals surface area contributed by atoms with Crippen LogP contribution in [0.5, 0.6) is 5.75 Å². The number of rotatable bonds is 1. The molecule has 3 nitrogen and oxygen atoms in total. The molecule has 1 aromatic rings. The van der Waals surface area contributed by atoms with Gasteiger partial charge in [0.15, 0.2) is 0 Å². The number of hydrogen-bond donors (Lipinski definition) is 1. The largest absolute Gasteiger partial charge is 0.484 e. The quantitative estimate of drug-likeness (QED) is 0.859. The maximum Gasteiger partial charge on any atom is 0.144 e. The number of aliphatic hydroxyl groups is 1. The third-order valence-corrected chi connectivity index (χ3v) is 4.52. The van der Waals surface area contributed by atoms with Gasteiger partial charge in [-0.25, -0.2) is 0 Å². The second-order valence-electron chi connectivity index (χ2n) is 6.00. The lowest BCUT2D eigenvalue weighted by Crippen LogP contribution is -2.57. The topological polar surface area (TPSA) is 32.7 Å². The van der Waals surface area contributed by atoms with Crippen molar-refractivity contribution >= 4 is 11.6 Å². The third kappa shape index (κ3) is 2.14. The lowest BCUT2D eigenvalue weighted by Gasteiger charge is -2.47. The fourth-order valence-corrected chi connectivity index (χ4v) is 3.62. The summed E-state index contributed by atoms with van der Waals surface area (Å²) in [7, 11) is 0. The Morgan fingerprint density at radius 2 is 2.00 bits per heavy atom. The molecule has 0 aliphatic carbocycles. The second-order valence-corrected chi connectivity index (χ2v) is 6.40. The molecule has 19 heavy (non-hydrogen) atoms. The molecule has 2 aliphatic heterocycles. The minimum absolute atomic E-state index is 0.0130. The van der Waals surface area contributed by atoms with Crippen molar-refractivity contribution in [1.29, 1.82) is 0 Å². The maximum absolute atomic E-state index is 10.8. The van der Waals surface area contributed by atoms with Gasteiger partial charge in [0, 0.05) is 5.56 Å². The minimum Gasteiger partial charge on any atom is -0.484 e. The van der Waals surface area contributed by atoms with Crippen LogP contribution in [0.1, 0.15) is 38.4 Å². The Morgan fingerprint density at radius 3 is 2.68 bits per heavy atom. The number of fused-ring (bicyclic) bond motifs is 1. The first-order valence-corrected chi connectivity index (χ1v) is 7.28. The zero-order valence-electron chi connectivity index (χ0n) is 11.4. The van der Waals surface area contributed by atoms with Gasteiger partial charge in [-0.05, 0) is 45.8 Å². The van der Waals surface area contributed by atoms with Gasteiger partial charge < -0.3 is 9.84 Å². The molecule has 0 bridgehead atoms. The first-order chi connectivity index (χ1) is 9.00. The van der Waals surface area contributed by atoms with Crippen LogP contribution in [0.3, 0.4) is 0 Å². The molecule has 2 heterocycles. The van der Waals surface area contributed by atoms with Gasteiger partial charge in [-0.1, -0.05) is 23.7 Å². The molecule has 1 aromatic carbocycles. The highest BCUT2D eigenvalue weighted by molar-refractivity contribution is 6.32. The highest BCUT2D eigenvalue weighted by Crippen LogP contribution is 2.45. The Morgan fingerprint density at radius 1 is 1.32 bits per heavy atom. The highest BCUT2D eigenvalue weighted by atomic mass is 35.5. The SMILES string of the molecule is CC1(C)Oc2c(Cl)cccc2C(O)C1N1CCCC1. The molecule has 1 fully saturated rings. The van der Waals surface area contributed by atoms with Gasteiger partial charge in [-0.2, -0.15) is 0 Å². The number of halogens is 1. The van der Waals surface area contributed by atoms with E-state index in [0.717, 1.165) is 18.7 Å². The van der Waals surface area contributed by atoms with Crippen molar-refractivity contribution in [1.82, 2.24) is 4.90 Å². The highest BCUT2D eigenvalue weighted by Gasteiger charge is 2.47. The van der Waals surface area contributed by atoms with Crippen LogP contribution in [-0.2, 0) is 0 Å². The molecule has 0 radical (unpaired) electrons. The Hall–Kier alpha value is -0.770. The summed E-state index contributed by atoms with van der Waals surface area (Å²) in [5.41, 5.74) is 0.366. The molecule has 0 amide bonds. The average molecular weight is 282 g/mol. The van der Waals surface area contributed by atoms with Crippen molar-refractivity contribution in [3.63, 3.8) is 0 Å². The number of ether oxygens (including phenoxy) is 1. The standard InChI is InChI=1S/C15H20ClNO2/c1-15(2)14(17-8-3-4-9-17)12(18)10-6-5-7-11(16)13(10)19-15/h5-7,12,14,18H,3-4,8-9H2,1-2H3. The van der Waals surface area contributed by atoms with E-state index < -0.39 is 11.7 Å². The fourth-order valence-electron chi connectivity index (χ4n) is 3.40. The molecule has 0 aromatic heterocycles. The molecule has 2 aliphatic rings. The normalized spacial score (nSPS) is 29.9. The third-order valence-electron chi connectivity index (χ3n) is 4.23. The van der Waals surface area contributed by atoms with Crippen molar-refractivity contribution in [2.45, 2.75) is 44.4 Å². The Kier molecular flexibility index (Phi) is 3.24. The molecule has 104 valence electrons. The Balaban J connectivity index is 2.03. The summed E-state index contributed by atoms with van der Waals surface area (Å²) in [6.07, 6.45) is 1.85. The van der Waals surface area contributed by atoms with Crippen LogP contribution in [0.2, 0.25) is 5.02 Å². The smallest absolute Gasteiger partial charge is 0.144 e. The van der Waals surface area contributed by atoms with Crippen molar-refractivity contribution in [2.75, 3.05) is 13.1 Å². The lowest BCUT2D eigenvalue weighted by molar-refractivity contribution is -0.0757. The zero-order valence-corrected chi connectivity index (χ0v) is 12.2. The first-order valence-electron chi connectivity index (χ1n) is 6.90. The van der Waals surface area contributed by atoms with Crippen molar-refractivity contribution in [3.8, 4) is 5.75 Å². The molecular formula is C15H20ClNO2. The average Bonchev–Trinajstić information content (AvgIpc) is 2.83. The maximum atomic E-state index is 10.8. The van der Waals surface area contributed by atoms with Crippen molar-refractivity contribution < 1.29 is 9.84 Å². The van der Waals surface area contributed by atoms with Crippen LogP contribution < -0.4 is 4.74 Å². The molecule has 1 N–H and O–H groups in total. The van der Waals surface area contributed by atoms with E-state index in [1.165, 1.54) is 12.8 Å². The van der Waals surface area contributed by atoms with Gasteiger partial charge in [0.05, 0.1) is 11.1 Å². The lowest BCUT2D eigenvalue weighted by atomic mass is 9.85. The van der Waals surface area contributed by atoms with E-state index in [2.05, 4.69) is 4.90 Å². The fraction of sp³-hybridized carbons (Fsp3) is 0.600. The monoisotopic (exact) mass is 281 g/mol. The molecule has 0 spiro atoms. The predicted octanol–water partition coefficient (Wildman–Crippen LogP) is 3.01. The molecule has 2 atom stereocenters. The van der Waals surface area contributed by atoms with E-state index in [4.69, 9.17) is 16.3 Å². The molecule has 0 saturated carbocycles. The summed E-state index contributed by atoms with van der Waals surface area (Å²) >= 11 is 6.19. The summed E-state index contributed by atoms with van der Waals surface area (Å²) < 4.78 is 6.11. The zero-order chi connectivity index (χ0) is 13.6. The van der Waals surface area contributed by atoms with Gasteiger partial charge in [0.2, 0.25) is 0 Å². The minimum atomic E-state index is -0.546. The second kappa shape index (κ2) is 4.65. The van der Waals surface area contributed by atoms with E-state index in [1.54, 1.807) is 6.07 Å². The number of nitrogens with zero attached hydrogens (tertiary/aromatic N) is 1. The molecule has 2 unspecified atom stereocenters. The summed E-state index contributed by atoms with van der Waals surface area (Å²) in [4.78, 5) is 2.34. The molecule has 3 rings (SSSR count). The predicted molar refractivity (Wildman–Crippen MR) is 75.7 cm³/mol. The Bertz CT molecular complexity index is 483. The van der Waals surface area contributed by atoms with Gasteiger partial charge in [-0.3, -0.25) is 4.90 Å². The van der Waals surface area contributed by atoms with E-state index in [-0.39, 0.29) is 6.04 Å². The van der Waals surface area contributed by atoms with Crippen molar-refractivity contribution in [3.05, 3.63) is 28.8 Å². The van der Waals surface area contributed by atoms with E-state index in [9.17, 15) is 5.11 Å².